The summed E-state index contributed by atoms with van der Waals surface area (Å²) in [5, 5.41) is 2.96. The Kier molecular flexibility index (Phi) is 4.80. The third-order valence-electron chi connectivity index (χ3n) is 4.68. The van der Waals surface area contributed by atoms with E-state index in [9.17, 15) is 9.59 Å². The summed E-state index contributed by atoms with van der Waals surface area (Å²) in [6, 6.07) is 14.9. The van der Waals surface area contributed by atoms with Crippen LogP contribution in [0.5, 0.6) is 5.75 Å². The number of anilines is 1. The number of nitrogens with one attached hydrogen (secondary N) is 1. The van der Waals surface area contributed by atoms with Gasteiger partial charge in [0.2, 0.25) is 5.91 Å². The Morgan fingerprint density at radius 1 is 1.21 bits per heavy atom. The topological polar surface area (TPSA) is 76.5 Å². The van der Waals surface area contributed by atoms with Crippen LogP contribution in [0.2, 0.25) is 0 Å². The number of imidazole rings is 1. The first-order valence-electron chi connectivity index (χ1n) is 9.01. The molecule has 28 heavy (non-hydrogen) atoms. The molecule has 1 atom stereocenters. The lowest BCUT2D eigenvalue weighted by molar-refractivity contribution is -0.125. The number of amides is 2. The van der Waals surface area contributed by atoms with Crippen molar-refractivity contribution >= 4 is 17.5 Å². The molecule has 142 valence electrons. The molecular weight excluding hydrogens is 356 g/mol. The van der Waals surface area contributed by atoms with Crippen molar-refractivity contribution < 1.29 is 14.3 Å². The van der Waals surface area contributed by atoms with E-state index in [1.54, 1.807) is 24.7 Å². The minimum atomic E-state index is -0.230. The summed E-state index contributed by atoms with van der Waals surface area (Å²) in [5.41, 5.74) is 2.59. The number of hydrogen-bond donors (Lipinski definition) is 1. The van der Waals surface area contributed by atoms with Crippen molar-refractivity contribution in [1.29, 1.82) is 0 Å². The molecular formula is C21H20N4O3. The predicted molar refractivity (Wildman–Crippen MR) is 104 cm³/mol. The van der Waals surface area contributed by atoms with Gasteiger partial charge in [0.05, 0.1) is 18.1 Å². The Morgan fingerprint density at radius 2 is 2.00 bits per heavy atom. The van der Waals surface area contributed by atoms with Crippen molar-refractivity contribution in [3.63, 3.8) is 0 Å². The fourth-order valence-electron chi connectivity index (χ4n) is 3.19. The smallest absolute Gasteiger partial charge is 0.265 e. The van der Waals surface area contributed by atoms with Crippen molar-refractivity contribution in [2.45, 2.75) is 13.0 Å². The standard InChI is InChI=1S/C21H20N4O3/c1-15(16-6-8-17(9-7-16)24-11-10-22-14-24)23-20(26)12-25-18-4-2-3-5-19(18)28-13-21(25)27/h2-11,14-15H,12-13H2,1H3,(H,23,26)/t15-/m0/s1. The summed E-state index contributed by atoms with van der Waals surface area (Å²) < 4.78 is 7.32. The third-order valence-corrected chi connectivity index (χ3v) is 4.68. The van der Waals surface area contributed by atoms with E-state index < -0.39 is 0 Å². The average Bonchev–Trinajstić information content (AvgIpc) is 3.25. The fraction of sp³-hybridized carbons (Fsp3) is 0.190. The molecule has 2 heterocycles. The first-order chi connectivity index (χ1) is 13.6. The number of nitrogens with zero attached hydrogens (tertiary/aromatic N) is 3. The second kappa shape index (κ2) is 7.56. The average molecular weight is 376 g/mol. The van der Waals surface area contributed by atoms with E-state index in [1.807, 2.05) is 54.1 Å². The van der Waals surface area contributed by atoms with Gasteiger partial charge in [-0.15, -0.1) is 0 Å². The van der Waals surface area contributed by atoms with Crippen LogP contribution < -0.4 is 15.0 Å². The molecule has 0 aliphatic carbocycles. The van der Waals surface area contributed by atoms with Gasteiger partial charge in [-0.3, -0.25) is 14.5 Å². The highest BCUT2D eigenvalue weighted by atomic mass is 16.5. The predicted octanol–water partition coefficient (Wildman–Crippen LogP) is 2.48. The number of rotatable bonds is 5. The van der Waals surface area contributed by atoms with Gasteiger partial charge in [0, 0.05) is 18.1 Å². The number of aromatic nitrogens is 2. The van der Waals surface area contributed by atoms with Gasteiger partial charge in [-0.05, 0) is 36.8 Å². The number of para-hydroxylation sites is 2. The maximum Gasteiger partial charge on any atom is 0.265 e. The van der Waals surface area contributed by atoms with E-state index in [0.29, 0.717) is 11.4 Å². The molecule has 0 saturated carbocycles. The highest BCUT2D eigenvalue weighted by molar-refractivity contribution is 6.02. The number of fused-ring (bicyclic) bond motifs is 1. The minimum Gasteiger partial charge on any atom is -0.482 e. The lowest BCUT2D eigenvalue weighted by Crippen LogP contribution is -2.45. The van der Waals surface area contributed by atoms with E-state index in [-0.39, 0.29) is 31.0 Å². The summed E-state index contributed by atoms with van der Waals surface area (Å²) in [7, 11) is 0. The van der Waals surface area contributed by atoms with E-state index in [0.717, 1.165) is 11.3 Å². The van der Waals surface area contributed by atoms with Crippen molar-refractivity contribution in [3.05, 3.63) is 72.8 Å². The van der Waals surface area contributed by atoms with Crippen molar-refractivity contribution in [2.75, 3.05) is 18.1 Å². The number of carbonyl (C=O) groups excluding carboxylic acids is 2. The van der Waals surface area contributed by atoms with Gasteiger partial charge in [-0.25, -0.2) is 4.98 Å². The van der Waals surface area contributed by atoms with Crippen LogP contribution in [-0.2, 0) is 9.59 Å². The number of ether oxygens (including phenoxy) is 1. The summed E-state index contributed by atoms with van der Waals surface area (Å²) >= 11 is 0. The Morgan fingerprint density at radius 3 is 2.75 bits per heavy atom. The Balaban J connectivity index is 1.42. The van der Waals surface area contributed by atoms with Crippen LogP contribution in [0.4, 0.5) is 5.69 Å². The van der Waals surface area contributed by atoms with Gasteiger partial charge >= 0.3 is 0 Å². The highest BCUT2D eigenvalue weighted by Crippen LogP contribution is 2.31. The first kappa shape index (κ1) is 17.8. The molecule has 0 unspecified atom stereocenters. The maximum absolute atomic E-state index is 12.5. The van der Waals surface area contributed by atoms with Crippen LogP contribution in [-0.4, -0.2) is 34.5 Å². The van der Waals surface area contributed by atoms with E-state index in [1.165, 1.54) is 4.90 Å². The van der Waals surface area contributed by atoms with Gasteiger partial charge in [0.25, 0.3) is 5.91 Å². The molecule has 0 fully saturated rings. The second-order valence-electron chi connectivity index (χ2n) is 6.59. The van der Waals surface area contributed by atoms with Crippen LogP contribution >= 0.6 is 0 Å². The van der Waals surface area contributed by atoms with Gasteiger partial charge in [0.1, 0.15) is 12.3 Å². The lowest BCUT2D eigenvalue weighted by atomic mass is 10.1. The fourth-order valence-corrected chi connectivity index (χ4v) is 3.19. The third kappa shape index (κ3) is 3.59. The number of benzene rings is 2. The second-order valence-corrected chi connectivity index (χ2v) is 6.59. The zero-order valence-electron chi connectivity index (χ0n) is 15.4. The number of carbonyl (C=O) groups is 2. The van der Waals surface area contributed by atoms with E-state index in [2.05, 4.69) is 10.3 Å². The summed E-state index contributed by atoms with van der Waals surface area (Å²) in [4.78, 5) is 30.3. The zero-order chi connectivity index (χ0) is 19.5. The molecule has 2 aromatic carbocycles. The molecule has 1 aliphatic heterocycles. The van der Waals surface area contributed by atoms with Gasteiger partial charge < -0.3 is 14.6 Å². The SMILES string of the molecule is C[C@H](NC(=O)CN1C(=O)COc2ccccc21)c1ccc(-n2ccnc2)cc1. The molecule has 1 aliphatic rings. The Hall–Kier alpha value is -3.61. The van der Waals surface area contributed by atoms with Crippen LogP contribution in [0.1, 0.15) is 18.5 Å². The molecule has 3 aromatic rings. The quantitative estimate of drug-likeness (QED) is 0.742. The molecule has 0 bridgehead atoms. The van der Waals surface area contributed by atoms with Crippen molar-refractivity contribution in [2.24, 2.45) is 0 Å². The molecule has 0 radical (unpaired) electrons. The minimum absolute atomic E-state index is 0.0450. The van der Waals surface area contributed by atoms with Crippen LogP contribution in [0, 0.1) is 0 Å². The number of hydrogen-bond acceptors (Lipinski definition) is 4. The van der Waals surface area contributed by atoms with Crippen LogP contribution in [0.25, 0.3) is 5.69 Å². The largest absolute Gasteiger partial charge is 0.482 e. The highest BCUT2D eigenvalue weighted by Gasteiger charge is 2.27. The summed E-state index contributed by atoms with van der Waals surface area (Å²) in [6.07, 6.45) is 5.33. The molecule has 0 saturated heterocycles. The Bertz CT molecular complexity index is 983. The maximum atomic E-state index is 12.5. The lowest BCUT2D eigenvalue weighted by Gasteiger charge is -2.29. The van der Waals surface area contributed by atoms with E-state index in [4.69, 9.17) is 4.74 Å². The summed E-state index contributed by atoms with van der Waals surface area (Å²) in [6.45, 7) is 1.81. The van der Waals surface area contributed by atoms with E-state index >= 15 is 0 Å². The molecule has 0 spiro atoms. The van der Waals surface area contributed by atoms with Crippen LogP contribution in [0.15, 0.2) is 67.3 Å². The monoisotopic (exact) mass is 376 g/mol. The zero-order valence-corrected chi connectivity index (χ0v) is 15.4. The normalized spacial score (nSPS) is 14.2. The summed E-state index contributed by atoms with van der Waals surface area (Å²) in [5.74, 6) is 0.153. The molecule has 4 rings (SSSR count). The van der Waals surface area contributed by atoms with Crippen molar-refractivity contribution in [3.8, 4) is 11.4 Å². The molecule has 1 N–H and O–H groups in total. The molecule has 7 heteroatoms. The van der Waals surface area contributed by atoms with Gasteiger partial charge in [-0.2, -0.15) is 0 Å². The first-order valence-corrected chi connectivity index (χ1v) is 9.01. The van der Waals surface area contributed by atoms with Gasteiger partial charge in [-0.1, -0.05) is 24.3 Å². The molecule has 7 nitrogen and oxygen atoms in total. The van der Waals surface area contributed by atoms with Crippen LogP contribution in [0.3, 0.4) is 0 Å². The van der Waals surface area contributed by atoms with Gasteiger partial charge in [0.15, 0.2) is 6.61 Å². The molecule has 2 amide bonds. The molecule has 1 aromatic heterocycles. The Labute approximate surface area is 162 Å². The van der Waals surface area contributed by atoms with Crippen molar-refractivity contribution in [1.82, 2.24) is 14.9 Å².